The van der Waals surface area contributed by atoms with Crippen molar-refractivity contribution >= 4 is 11.9 Å². The first-order chi connectivity index (χ1) is 18.4. The number of nitrogens with zero attached hydrogens (tertiary/aromatic N) is 1. The molecular weight excluding hydrogens is 500 g/mol. The highest BCUT2D eigenvalue weighted by molar-refractivity contribution is 5.71. The molecule has 2 saturated carbocycles. The van der Waals surface area contributed by atoms with Crippen LogP contribution < -0.4 is 5.32 Å². The molecule has 5 rings (SSSR count). The number of ether oxygens (including phenoxy) is 2. The molecule has 1 aromatic rings. The van der Waals surface area contributed by atoms with Crippen LogP contribution in [-0.4, -0.2) is 54.2 Å². The third-order valence-corrected chi connectivity index (χ3v) is 10.0. The lowest BCUT2D eigenvalue weighted by Crippen LogP contribution is -2.34. The monoisotopic (exact) mass is 554 g/mol. The second-order valence-corrected chi connectivity index (χ2v) is 15.8. The van der Waals surface area contributed by atoms with Crippen molar-refractivity contribution in [3.8, 4) is 0 Å². The van der Waals surface area contributed by atoms with Gasteiger partial charge in [0.15, 0.2) is 0 Å². The number of nitrogens with one attached hydrogen (secondary N) is 1. The van der Waals surface area contributed by atoms with Crippen LogP contribution in [0, 0.1) is 21.7 Å². The first-order valence-corrected chi connectivity index (χ1v) is 15.3. The minimum Gasteiger partial charge on any atom is -0.460 e. The second-order valence-electron chi connectivity index (χ2n) is 15.8. The van der Waals surface area contributed by atoms with Gasteiger partial charge in [0.25, 0.3) is 0 Å². The van der Waals surface area contributed by atoms with Crippen LogP contribution in [0.25, 0.3) is 0 Å². The molecule has 2 aliphatic carbocycles. The van der Waals surface area contributed by atoms with Crippen LogP contribution in [0.4, 0.5) is 0 Å². The van der Waals surface area contributed by atoms with E-state index in [1.54, 1.807) is 0 Å². The maximum absolute atomic E-state index is 12.4. The predicted octanol–water partition coefficient (Wildman–Crippen LogP) is 6.69. The normalized spacial score (nSPS) is 29.0. The molecule has 1 N–H and O–H groups in total. The van der Waals surface area contributed by atoms with Gasteiger partial charge in [0.05, 0.1) is 12.8 Å². The van der Waals surface area contributed by atoms with Gasteiger partial charge in [-0.15, -0.1) is 0 Å². The topological polar surface area (TPSA) is 67.9 Å². The summed E-state index contributed by atoms with van der Waals surface area (Å²) in [7, 11) is 0. The molecule has 40 heavy (non-hydrogen) atoms. The Bertz CT molecular complexity index is 1060. The van der Waals surface area contributed by atoms with Gasteiger partial charge in [-0.05, 0) is 101 Å². The first-order valence-electron chi connectivity index (χ1n) is 15.3. The van der Waals surface area contributed by atoms with E-state index >= 15 is 0 Å². The van der Waals surface area contributed by atoms with E-state index in [9.17, 15) is 9.59 Å². The third kappa shape index (κ3) is 6.92. The van der Waals surface area contributed by atoms with Gasteiger partial charge in [0.1, 0.15) is 11.2 Å². The molecule has 6 heteroatoms. The van der Waals surface area contributed by atoms with E-state index in [1.165, 1.54) is 31.2 Å². The summed E-state index contributed by atoms with van der Waals surface area (Å²) in [5, 5.41) is 3.43. The van der Waals surface area contributed by atoms with Crippen molar-refractivity contribution in [2.45, 2.75) is 118 Å². The van der Waals surface area contributed by atoms with Crippen LogP contribution in [-0.2, 0) is 19.1 Å². The van der Waals surface area contributed by atoms with Crippen molar-refractivity contribution < 1.29 is 19.1 Å². The van der Waals surface area contributed by atoms with Crippen LogP contribution in [0.2, 0.25) is 0 Å². The molecule has 2 spiro atoms. The maximum atomic E-state index is 12.4. The largest absolute Gasteiger partial charge is 0.460 e. The van der Waals surface area contributed by atoms with Gasteiger partial charge in [-0.1, -0.05) is 44.2 Å². The van der Waals surface area contributed by atoms with Gasteiger partial charge >= 0.3 is 11.9 Å². The van der Waals surface area contributed by atoms with Crippen molar-refractivity contribution in [2.75, 3.05) is 26.2 Å². The molecule has 4 fully saturated rings. The molecular formula is C34H54N2O4. The molecule has 0 aromatic heterocycles. The summed E-state index contributed by atoms with van der Waals surface area (Å²) < 4.78 is 11.0. The molecule has 2 heterocycles. The lowest BCUT2D eigenvalue weighted by Gasteiger charge is -2.32. The van der Waals surface area contributed by atoms with Crippen LogP contribution >= 0.6 is 0 Å². The highest BCUT2D eigenvalue weighted by Gasteiger charge is 2.63. The maximum Gasteiger partial charge on any atom is 0.306 e. The molecule has 0 unspecified atom stereocenters. The summed E-state index contributed by atoms with van der Waals surface area (Å²) in [6.45, 7) is 22.5. The summed E-state index contributed by atoms with van der Waals surface area (Å²) in [5.74, 6) is -0.101. The highest BCUT2D eigenvalue weighted by Crippen LogP contribution is 2.65. The first kappa shape index (κ1) is 31.0. The van der Waals surface area contributed by atoms with Gasteiger partial charge in [-0.2, -0.15) is 0 Å². The second kappa shape index (κ2) is 10.7. The Hall–Kier alpha value is -1.92. The van der Waals surface area contributed by atoms with Crippen LogP contribution in [0.15, 0.2) is 30.3 Å². The van der Waals surface area contributed by atoms with Crippen LogP contribution in [0.3, 0.4) is 0 Å². The quantitative estimate of drug-likeness (QED) is 0.395. The fraction of sp³-hybridized carbons (Fsp3) is 0.765. The standard InChI is InChI=1S/C21H31NO2.C13H23NO2/c1-16(17-9-7-6-8-10-17)22-14-20(5,21(15-22)11-12-21)13-18(23)24-19(2,3)4;1-11(2,3)16-10(15)7-12(4)8-14-9-13(12)5-6-13/h6-10,16H,11-15H2,1-5H3;14H,5-9H2,1-4H3/t16-,20-;12-/m11/s1. The Morgan fingerprint density at radius 3 is 1.77 bits per heavy atom. The summed E-state index contributed by atoms with van der Waals surface area (Å²) >= 11 is 0. The Morgan fingerprint density at radius 1 is 0.800 bits per heavy atom. The number of hydrogen-bond acceptors (Lipinski definition) is 6. The minimum absolute atomic E-state index is 0.0262. The molecule has 0 bridgehead atoms. The summed E-state index contributed by atoms with van der Waals surface area (Å²) in [6, 6.07) is 11.1. The molecule has 224 valence electrons. The van der Waals surface area contributed by atoms with E-state index in [0.717, 1.165) is 26.2 Å². The Kier molecular flexibility index (Phi) is 8.32. The molecule has 2 saturated heterocycles. The number of likely N-dealkylation sites (tertiary alicyclic amines) is 1. The lowest BCUT2D eigenvalue weighted by molar-refractivity contribution is -0.159. The van der Waals surface area contributed by atoms with Gasteiger partial charge in [0, 0.05) is 32.2 Å². The number of carbonyl (C=O) groups is 2. The average Bonchev–Trinajstić information content (AvgIpc) is 3.70. The van der Waals surface area contributed by atoms with E-state index in [4.69, 9.17) is 9.47 Å². The molecule has 2 aliphatic heterocycles. The number of benzene rings is 1. The summed E-state index contributed by atoms with van der Waals surface area (Å²) in [4.78, 5) is 26.9. The molecule has 0 amide bonds. The molecule has 3 atom stereocenters. The molecule has 4 aliphatic rings. The van der Waals surface area contributed by atoms with Crippen LogP contribution in [0.5, 0.6) is 0 Å². The third-order valence-electron chi connectivity index (χ3n) is 10.0. The minimum atomic E-state index is -0.403. The SMILES string of the molecule is CC(C)(C)OC(=O)C[C@]1(C)CNCC12CC2.C[C@H](c1ccccc1)N1CC2(CC2)[C@](C)(CC(=O)OC(C)(C)C)C1. The zero-order chi connectivity index (χ0) is 29.6. The van der Waals surface area contributed by atoms with Gasteiger partial charge in [0.2, 0.25) is 0 Å². The summed E-state index contributed by atoms with van der Waals surface area (Å²) in [6.07, 6.45) is 6.09. The summed E-state index contributed by atoms with van der Waals surface area (Å²) in [5.41, 5.74) is 1.43. The van der Waals surface area contributed by atoms with Crippen molar-refractivity contribution in [3.05, 3.63) is 35.9 Å². The van der Waals surface area contributed by atoms with E-state index < -0.39 is 5.60 Å². The number of esters is 2. The molecule has 6 nitrogen and oxygen atoms in total. The fourth-order valence-corrected chi connectivity index (χ4v) is 7.18. The number of rotatable bonds is 6. The van der Waals surface area contributed by atoms with Gasteiger partial charge in [-0.25, -0.2) is 0 Å². The molecule has 1 aromatic carbocycles. The Labute approximate surface area is 242 Å². The van der Waals surface area contributed by atoms with Gasteiger partial charge in [-0.3, -0.25) is 14.5 Å². The lowest BCUT2D eigenvalue weighted by atomic mass is 9.74. The van der Waals surface area contributed by atoms with E-state index in [-0.39, 0.29) is 28.4 Å². The van der Waals surface area contributed by atoms with Crippen molar-refractivity contribution in [1.82, 2.24) is 10.2 Å². The Balaban J connectivity index is 0.000000201. The van der Waals surface area contributed by atoms with Gasteiger partial charge < -0.3 is 14.8 Å². The average molecular weight is 555 g/mol. The predicted molar refractivity (Wildman–Crippen MR) is 160 cm³/mol. The smallest absolute Gasteiger partial charge is 0.306 e. The van der Waals surface area contributed by atoms with E-state index in [0.29, 0.717) is 29.7 Å². The molecule has 0 radical (unpaired) electrons. The van der Waals surface area contributed by atoms with E-state index in [2.05, 4.69) is 61.3 Å². The number of hydrogen-bond donors (Lipinski definition) is 1. The van der Waals surface area contributed by atoms with Crippen LogP contribution in [0.1, 0.15) is 112 Å². The Morgan fingerprint density at radius 2 is 1.30 bits per heavy atom. The van der Waals surface area contributed by atoms with E-state index in [1.807, 2.05) is 41.5 Å². The zero-order valence-electron chi connectivity index (χ0n) is 26.6. The fourth-order valence-electron chi connectivity index (χ4n) is 7.18. The highest BCUT2D eigenvalue weighted by atomic mass is 16.6. The van der Waals surface area contributed by atoms with Crippen molar-refractivity contribution in [3.63, 3.8) is 0 Å². The number of carbonyl (C=O) groups excluding carboxylic acids is 2. The van der Waals surface area contributed by atoms with Crippen molar-refractivity contribution in [1.29, 1.82) is 0 Å². The zero-order valence-corrected chi connectivity index (χ0v) is 26.6. The van der Waals surface area contributed by atoms with Crippen molar-refractivity contribution in [2.24, 2.45) is 21.7 Å².